The van der Waals surface area contributed by atoms with Crippen LogP contribution < -0.4 is 0 Å². The smallest absolute Gasteiger partial charge is 0.330 e. The number of carbonyl (C=O) groups excluding carboxylic acids is 1. The van der Waals surface area contributed by atoms with Gasteiger partial charge in [0, 0.05) is 12.7 Å². The van der Waals surface area contributed by atoms with Crippen LogP contribution in [-0.4, -0.2) is 25.8 Å². The van der Waals surface area contributed by atoms with Gasteiger partial charge in [0.05, 0.1) is 6.61 Å². The summed E-state index contributed by atoms with van der Waals surface area (Å²) in [6.45, 7) is 3.28. The minimum Gasteiger partial charge on any atom is -0.460 e. The van der Waals surface area contributed by atoms with Crippen LogP contribution in [0.3, 0.4) is 0 Å². The van der Waals surface area contributed by atoms with Crippen LogP contribution in [0.15, 0.2) is 36.4 Å². The third kappa shape index (κ3) is 5.32. The summed E-state index contributed by atoms with van der Waals surface area (Å²) in [4.78, 5) is 11.2. The Kier molecular flexibility index (Phi) is 5.96. The summed E-state index contributed by atoms with van der Waals surface area (Å²) in [5.41, 5.74) is 0.976. The second-order valence-corrected chi connectivity index (χ2v) is 3.11. The lowest BCUT2D eigenvalue weighted by Gasteiger charge is -2.01. The molecule has 0 aliphatic heterocycles. The molecule has 0 amide bonds. The maximum atomic E-state index is 11.2. The van der Waals surface area contributed by atoms with E-state index in [1.807, 2.05) is 37.3 Å². The van der Waals surface area contributed by atoms with Gasteiger partial charge in [-0.25, -0.2) is 4.79 Å². The van der Waals surface area contributed by atoms with E-state index in [1.54, 1.807) is 6.08 Å². The molecule has 0 spiro atoms. The van der Waals surface area contributed by atoms with Crippen LogP contribution in [0.25, 0.3) is 6.08 Å². The van der Waals surface area contributed by atoms with Gasteiger partial charge in [0.25, 0.3) is 0 Å². The summed E-state index contributed by atoms with van der Waals surface area (Å²) in [5.74, 6) is -0.344. The molecule has 3 heteroatoms. The van der Waals surface area contributed by atoms with Gasteiger partial charge in [0.1, 0.15) is 6.61 Å². The average molecular weight is 220 g/mol. The molecule has 0 bridgehead atoms. The first-order valence-electron chi connectivity index (χ1n) is 5.30. The maximum absolute atomic E-state index is 11.2. The predicted octanol–water partition coefficient (Wildman–Crippen LogP) is 2.28. The molecule has 1 aromatic carbocycles. The highest BCUT2D eigenvalue weighted by Gasteiger charge is 1.95. The molecule has 0 unspecified atom stereocenters. The highest BCUT2D eigenvalue weighted by Crippen LogP contribution is 2.00. The quantitative estimate of drug-likeness (QED) is 0.419. The van der Waals surface area contributed by atoms with Crippen molar-refractivity contribution in [2.45, 2.75) is 6.92 Å². The van der Waals surface area contributed by atoms with Crippen LogP contribution in [0.2, 0.25) is 0 Å². The van der Waals surface area contributed by atoms with Crippen LogP contribution >= 0.6 is 0 Å². The van der Waals surface area contributed by atoms with Crippen molar-refractivity contribution in [2.75, 3.05) is 19.8 Å². The molecule has 1 rings (SSSR count). The molecule has 0 radical (unpaired) electrons. The minimum absolute atomic E-state index is 0.297. The lowest BCUT2D eigenvalue weighted by molar-refractivity contribution is -0.139. The van der Waals surface area contributed by atoms with Gasteiger partial charge in [-0.05, 0) is 18.6 Å². The van der Waals surface area contributed by atoms with E-state index in [2.05, 4.69) is 0 Å². The highest BCUT2D eigenvalue weighted by atomic mass is 16.6. The number of carbonyl (C=O) groups is 1. The van der Waals surface area contributed by atoms with Gasteiger partial charge in [-0.2, -0.15) is 0 Å². The van der Waals surface area contributed by atoms with Crippen molar-refractivity contribution in [2.24, 2.45) is 0 Å². The van der Waals surface area contributed by atoms with Crippen LogP contribution in [0.4, 0.5) is 0 Å². The molecule has 0 fully saturated rings. The van der Waals surface area contributed by atoms with Gasteiger partial charge in [0.2, 0.25) is 0 Å². The third-order valence-electron chi connectivity index (χ3n) is 1.89. The first-order valence-corrected chi connectivity index (χ1v) is 5.30. The number of ether oxygens (including phenoxy) is 2. The van der Waals surface area contributed by atoms with Crippen molar-refractivity contribution in [1.29, 1.82) is 0 Å². The topological polar surface area (TPSA) is 35.5 Å². The molecule has 0 aliphatic rings. The Morgan fingerprint density at radius 1 is 1.25 bits per heavy atom. The first kappa shape index (κ1) is 12.5. The molecule has 0 N–H and O–H groups in total. The van der Waals surface area contributed by atoms with Gasteiger partial charge in [-0.1, -0.05) is 30.3 Å². The normalized spacial score (nSPS) is 10.6. The number of esters is 1. The molecule has 0 saturated heterocycles. The van der Waals surface area contributed by atoms with E-state index in [0.29, 0.717) is 19.8 Å². The fourth-order valence-corrected chi connectivity index (χ4v) is 1.12. The van der Waals surface area contributed by atoms with Crippen LogP contribution in [0.1, 0.15) is 12.5 Å². The highest BCUT2D eigenvalue weighted by molar-refractivity contribution is 5.86. The molecule has 16 heavy (non-hydrogen) atoms. The predicted molar refractivity (Wildman–Crippen MR) is 62.9 cm³/mol. The van der Waals surface area contributed by atoms with E-state index in [4.69, 9.17) is 9.47 Å². The Morgan fingerprint density at radius 2 is 2.00 bits per heavy atom. The average Bonchev–Trinajstić information content (AvgIpc) is 2.33. The summed E-state index contributed by atoms with van der Waals surface area (Å²) in [6, 6.07) is 9.60. The number of hydrogen-bond acceptors (Lipinski definition) is 3. The van der Waals surface area contributed by atoms with Gasteiger partial charge in [-0.3, -0.25) is 0 Å². The van der Waals surface area contributed by atoms with E-state index >= 15 is 0 Å². The van der Waals surface area contributed by atoms with Crippen molar-refractivity contribution in [3.63, 3.8) is 0 Å². The Hall–Kier alpha value is -1.61. The zero-order valence-electron chi connectivity index (χ0n) is 9.39. The molecular formula is C13H16O3. The fourth-order valence-electron chi connectivity index (χ4n) is 1.12. The summed E-state index contributed by atoms with van der Waals surface area (Å²) in [5, 5.41) is 0. The van der Waals surface area contributed by atoms with Crippen molar-refractivity contribution in [3.05, 3.63) is 42.0 Å². The Morgan fingerprint density at radius 3 is 2.69 bits per heavy atom. The SMILES string of the molecule is CCOCCOC(=O)/C=C\c1ccccc1. The molecule has 3 nitrogen and oxygen atoms in total. The zero-order chi connectivity index (χ0) is 11.6. The van der Waals surface area contributed by atoms with Crippen molar-refractivity contribution in [1.82, 2.24) is 0 Å². The van der Waals surface area contributed by atoms with Crippen LogP contribution in [0, 0.1) is 0 Å². The van der Waals surface area contributed by atoms with E-state index in [9.17, 15) is 4.79 Å². The Bertz CT molecular complexity index is 330. The van der Waals surface area contributed by atoms with Crippen molar-refractivity contribution in [3.8, 4) is 0 Å². The zero-order valence-corrected chi connectivity index (χ0v) is 9.39. The molecule has 0 atom stereocenters. The van der Waals surface area contributed by atoms with Crippen LogP contribution in [-0.2, 0) is 14.3 Å². The minimum atomic E-state index is -0.344. The van der Waals surface area contributed by atoms with Gasteiger partial charge < -0.3 is 9.47 Å². The Labute approximate surface area is 95.7 Å². The van der Waals surface area contributed by atoms with Crippen LogP contribution in [0.5, 0.6) is 0 Å². The Balaban J connectivity index is 2.26. The van der Waals surface area contributed by atoms with E-state index < -0.39 is 0 Å². The van der Waals surface area contributed by atoms with E-state index in [0.717, 1.165) is 5.56 Å². The third-order valence-corrected chi connectivity index (χ3v) is 1.89. The largest absolute Gasteiger partial charge is 0.460 e. The van der Waals surface area contributed by atoms with Crippen molar-refractivity contribution >= 4 is 12.0 Å². The van der Waals surface area contributed by atoms with Gasteiger partial charge >= 0.3 is 5.97 Å². The molecule has 86 valence electrons. The summed E-state index contributed by atoms with van der Waals surface area (Å²) in [7, 11) is 0. The monoisotopic (exact) mass is 220 g/mol. The second kappa shape index (κ2) is 7.65. The molecule has 0 aromatic heterocycles. The fraction of sp³-hybridized carbons (Fsp3) is 0.308. The van der Waals surface area contributed by atoms with Gasteiger partial charge in [0.15, 0.2) is 0 Å². The number of rotatable bonds is 6. The molecule has 0 heterocycles. The molecule has 0 aliphatic carbocycles. The lowest BCUT2D eigenvalue weighted by atomic mass is 10.2. The summed E-state index contributed by atoms with van der Waals surface area (Å²) >= 11 is 0. The standard InChI is InChI=1S/C13H16O3/c1-2-15-10-11-16-13(14)9-8-12-6-4-3-5-7-12/h3-9H,2,10-11H2,1H3/b9-8-. The number of hydrogen-bond donors (Lipinski definition) is 0. The lowest BCUT2D eigenvalue weighted by Crippen LogP contribution is -2.08. The molecule has 1 aromatic rings. The van der Waals surface area contributed by atoms with Gasteiger partial charge in [-0.15, -0.1) is 0 Å². The molecule has 0 saturated carbocycles. The van der Waals surface area contributed by atoms with Crippen molar-refractivity contribution < 1.29 is 14.3 Å². The first-order chi connectivity index (χ1) is 7.83. The number of benzene rings is 1. The second-order valence-electron chi connectivity index (χ2n) is 3.11. The van der Waals surface area contributed by atoms with E-state index in [-0.39, 0.29) is 5.97 Å². The van der Waals surface area contributed by atoms with E-state index in [1.165, 1.54) is 6.08 Å². The molecular weight excluding hydrogens is 204 g/mol. The summed E-state index contributed by atoms with van der Waals surface area (Å²) in [6.07, 6.45) is 3.14. The maximum Gasteiger partial charge on any atom is 0.330 e. The summed E-state index contributed by atoms with van der Waals surface area (Å²) < 4.78 is 9.96.